The Balaban J connectivity index is 1.24. The molecule has 0 amide bonds. The largest absolute Gasteiger partial charge is 0.309 e. The number of hydrogen-bond acceptors (Lipinski definition) is 1. The van der Waals surface area contributed by atoms with E-state index >= 15 is 0 Å². The molecule has 4 aliphatic rings. The molecule has 1 spiro atoms. The number of aryl methyl sites for hydroxylation is 1. The Morgan fingerprint density at radius 3 is 1.61 bits per heavy atom. The third-order valence-electron chi connectivity index (χ3n) is 15.3. The second-order valence-electron chi connectivity index (χ2n) is 19.7. The Kier molecular flexibility index (Phi) is 8.30. The zero-order chi connectivity index (χ0) is 41.8. The molecular weight excluding hydrogens is 747 g/mol. The first-order valence-corrected chi connectivity index (χ1v) is 22.9. The highest BCUT2D eigenvalue weighted by atomic mass is 15.2. The van der Waals surface area contributed by atoms with E-state index in [0.717, 1.165) is 12.8 Å². The zero-order valence-corrected chi connectivity index (χ0v) is 36.4. The van der Waals surface area contributed by atoms with Crippen molar-refractivity contribution in [2.75, 3.05) is 4.90 Å². The van der Waals surface area contributed by atoms with E-state index in [-0.39, 0.29) is 10.8 Å². The van der Waals surface area contributed by atoms with E-state index < -0.39 is 5.41 Å². The molecule has 0 fully saturated rings. The normalized spacial score (nSPS) is 16.7. The van der Waals surface area contributed by atoms with E-state index in [1.165, 1.54) is 132 Å². The minimum absolute atomic E-state index is 0.0732. The lowest BCUT2D eigenvalue weighted by molar-refractivity contribution is 0.332. The average Bonchev–Trinajstić information content (AvgIpc) is 3.78. The Morgan fingerprint density at radius 2 is 0.952 bits per heavy atom. The number of nitrogens with zero attached hydrogens (tertiary/aromatic N) is 1. The van der Waals surface area contributed by atoms with Gasteiger partial charge in [0.2, 0.25) is 0 Å². The van der Waals surface area contributed by atoms with Gasteiger partial charge in [-0.2, -0.15) is 0 Å². The third kappa shape index (κ3) is 5.33. The Morgan fingerprint density at radius 1 is 0.387 bits per heavy atom. The minimum Gasteiger partial charge on any atom is -0.309 e. The SMILES string of the molecule is CC1(C)CCC(C)(C)c2cc(-c3cc4c(cc3N(c3ccccc3)c3c(-c5ccccc5)ccc5c3CCCC5)C3(c5ccccc5-c5ccccc53)c3ccccc3-4)ccc21. The van der Waals surface area contributed by atoms with Crippen molar-refractivity contribution in [3.63, 3.8) is 0 Å². The first-order valence-electron chi connectivity index (χ1n) is 22.9. The van der Waals surface area contributed by atoms with E-state index in [9.17, 15) is 0 Å². The smallest absolute Gasteiger partial charge is 0.0726 e. The highest BCUT2D eigenvalue weighted by Gasteiger charge is 2.52. The lowest BCUT2D eigenvalue weighted by Crippen LogP contribution is -2.33. The second kappa shape index (κ2) is 13.8. The molecular formula is C61H53N. The van der Waals surface area contributed by atoms with Crippen LogP contribution in [0.5, 0.6) is 0 Å². The van der Waals surface area contributed by atoms with E-state index in [0.29, 0.717) is 0 Å². The summed E-state index contributed by atoms with van der Waals surface area (Å²) in [6.07, 6.45) is 6.97. The fraction of sp³-hybridized carbons (Fsp3) is 0.213. The molecule has 0 saturated heterocycles. The lowest BCUT2D eigenvalue weighted by atomic mass is 9.63. The molecule has 0 bridgehead atoms. The fourth-order valence-electron chi connectivity index (χ4n) is 12.2. The quantitative estimate of drug-likeness (QED) is 0.168. The number of anilines is 3. The molecule has 0 radical (unpaired) electrons. The summed E-state index contributed by atoms with van der Waals surface area (Å²) in [7, 11) is 0. The molecule has 8 aromatic carbocycles. The van der Waals surface area contributed by atoms with Crippen LogP contribution in [-0.4, -0.2) is 0 Å². The van der Waals surface area contributed by atoms with Gasteiger partial charge in [0.25, 0.3) is 0 Å². The molecule has 0 heterocycles. The van der Waals surface area contributed by atoms with Gasteiger partial charge in [0.1, 0.15) is 0 Å². The summed E-state index contributed by atoms with van der Waals surface area (Å²) in [6.45, 7) is 9.80. The monoisotopic (exact) mass is 799 g/mol. The highest BCUT2D eigenvalue weighted by Crippen LogP contribution is 2.64. The molecule has 0 N–H and O–H groups in total. The Hall–Kier alpha value is -6.44. The van der Waals surface area contributed by atoms with Crippen LogP contribution in [0.3, 0.4) is 0 Å². The summed E-state index contributed by atoms with van der Waals surface area (Å²) < 4.78 is 0. The van der Waals surface area contributed by atoms with Crippen LogP contribution in [0, 0.1) is 0 Å². The van der Waals surface area contributed by atoms with Crippen molar-refractivity contribution in [2.24, 2.45) is 0 Å². The molecule has 1 heteroatoms. The number of rotatable bonds is 5. The van der Waals surface area contributed by atoms with Crippen molar-refractivity contribution < 1.29 is 0 Å². The van der Waals surface area contributed by atoms with Crippen molar-refractivity contribution in [1.82, 2.24) is 0 Å². The maximum absolute atomic E-state index is 2.68. The van der Waals surface area contributed by atoms with Crippen LogP contribution >= 0.6 is 0 Å². The van der Waals surface area contributed by atoms with Gasteiger partial charge >= 0.3 is 0 Å². The maximum Gasteiger partial charge on any atom is 0.0726 e. The molecule has 0 aliphatic heterocycles. The van der Waals surface area contributed by atoms with Gasteiger partial charge in [-0.3, -0.25) is 0 Å². The fourth-order valence-corrected chi connectivity index (χ4v) is 12.2. The first-order chi connectivity index (χ1) is 30.3. The van der Waals surface area contributed by atoms with Gasteiger partial charge in [-0.1, -0.05) is 179 Å². The average molecular weight is 800 g/mol. The molecule has 12 rings (SSSR count). The Labute approximate surface area is 367 Å². The third-order valence-corrected chi connectivity index (χ3v) is 15.3. The molecule has 0 saturated carbocycles. The van der Waals surface area contributed by atoms with E-state index in [4.69, 9.17) is 0 Å². The van der Waals surface area contributed by atoms with Gasteiger partial charge < -0.3 is 4.90 Å². The van der Waals surface area contributed by atoms with Crippen molar-refractivity contribution in [3.05, 3.63) is 220 Å². The van der Waals surface area contributed by atoms with Gasteiger partial charge in [0, 0.05) is 16.8 Å². The molecule has 0 atom stereocenters. The minimum atomic E-state index is -0.463. The van der Waals surface area contributed by atoms with Gasteiger partial charge in [0.05, 0.1) is 16.8 Å². The Bertz CT molecular complexity index is 3030. The summed E-state index contributed by atoms with van der Waals surface area (Å²) in [5.41, 5.74) is 25.3. The summed E-state index contributed by atoms with van der Waals surface area (Å²) >= 11 is 0. The number of para-hydroxylation sites is 1. The summed E-state index contributed by atoms with van der Waals surface area (Å²) in [5, 5.41) is 0. The van der Waals surface area contributed by atoms with Crippen LogP contribution in [0.15, 0.2) is 176 Å². The van der Waals surface area contributed by atoms with Crippen molar-refractivity contribution in [2.45, 2.75) is 82.5 Å². The molecule has 302 valence electrons. The predicted molar refractivity (Wildman–Crippen MR) is 260 cm³/mol. The van der Waals surface area contributed by atoms with Gasteiger partial charge in [-0.15, -0.1) is 0 Å². The van der Waals surface area contributed by atoms with Crippen molar-refractivity contribution in [1.29, 1.82) is 0 Å². The first kappa shape index (κ1) is 37.3. The van der Waals surface area contributed by atoms with Crippen LogP contribution in [-0.2, 0) is 29.1 Å². The molecule has 0 unspecified atom stereocenters. The highest BCUT2D eigenvalue weighted by molar-refractivity contribution is 6.02. The van der Waals surface area contributed by atoms with Gasteiger partial charge in [-0.05, 0) is 152 Å². The molecule has 0 aromatic heterocycles. The van der Waals surface area contributed by atoms with Crippen LogP contribution in [0.25, 0.3) is 44.5 Å². The second-order valence-corrected chi connectivity index (χ2v) is 19.7. The summed E-state index contributed by atoms with van der Waals surface area (Å²) in [5.74, 6) is 0. The zero-order valence-electron chi connectivity index (χ0n) is 36.4. The molecule has 4 aliphatic carbocycles. The van der Waals surface area contributed by atoms with E-state index in [2.05, 4.69) is 209 Å². The van der Waals surface area contributed by atoms with Crippen LogP contribution < -0.4 is 4.90 Å². The van der Waals surface area contributed by atoms with Crippen molar-refractivity contribution in [3.8, 4) is 44.5 Å². The van der Waals surface area contributed by atoms with E-state index in [1.54, 1.807) is 0 Å². The number of hydrogen-bond donors (Lipinski definition) is 0. The lowest BCUT2D eigenvalue weighted by Gasteiger charge is -2.42. The summed E-state index contributed by atoms with van der Waals surface area (Å²) in [4.78, 5) is 2.68. The number of benzene rings is 8. The predicted octanol–water partition coefficient (Wildman–Crippen LogP) is 16.1. The van der Waals surface area contributed by atoms with Gasteiger partial charge in [-0.25, -0.2) is 0 Å². The standard InChI is InChI=1S/C61H53N/c1-59(2)35-36-60(3,4)56-37-42(32-34-54(56)59)49-38-50-48-27-15-18-30-53(48)61(51-28-16-13-25-46(51)47-26-14-17-29-52(47)61)55(50)39-57(49)62(43-22-9-6-10-23-43)58-44-24-12-11-21-41(44)31-33-45(58)40-19-7-5-8-20-40/h5-10,13-20,22-23,25-34,37-39H,11-12,21,24,35-36H2,1-4H3. The van der Waals surface area contributed by atoms with Gasteiger partial charge in [0.15, 0.2) is 0 Å². The van der Waals surface area contributed by atoms with Crippen LogP contribution in [0.1, 0.15) is 97.9 Å². The molecule has 8 aromatic rings. The van der Waals surface area contributed by atoms with Crippen molar-refractivity contribution >= 4 is 17.1 Å². The maximum atomic E-state index is 2.68. The topological polar surface area (TPSA) is 3.24 Å². The van der Waals surface area contributed by atoms with E-state index in [1.807, 2.05) is 0 Å². The number of fused-ring (bicyclic) bond motifs is 12. The van der Waals surface area contributed by atoms with Crippen LogP contribution in [0.2, 0.25) is 0 Å². The summed E-state index contributed by atoms with van der Waals surface area (Å²) in [6, 6.07) is 67.7. The van der Waals surface area contributed by atoms with Crippen LogP contribution in [0.4, 0.5) is 17.1 Å². The molecule has 62 heavy (non-hydrogen) atoms. The molecule has 1 nitrogen and oxygen atoms in total.